The number of piperazine rings is 1. The Morgan fingerprint density at radius 2 is 1.77 bits per heavy atom. The predicted molar refractivity (Wildman–Crippen MR) is 164 cm³/mol. The summed E-state index contributed by atoms with van der Waals surface area (Å²) in [4.78, 5) is 21.2. The minimum atomic E-state index is -0.911. The lowest BCUT2D eigenvalue weighted by Crippen LogP contribution is -2.57. The van der Waals surface area contributed by atoms with E-state index in [0.717, 1.165) is 35.2 Å². The Labute approximate surface area is 247 Å². The van der Waals surface area contributed by atoms with Gasteiger partial charge in [-0.1, -0.05) is 42.5 Å². The fraction of sp³-hybridized carbons (Fsp3) is 0.250. The molecule has 5 heterocycles. The first kappa shape index (κ1) is 26.7. The number of benzene rings is 2. The van der Waals surface area contributed by atoms with Gasteiger partial charge in [0.25, 0.3) is 0 Å². The van der Waals surface area contributed by atoms with E-state index >= 15 is 0 Å². The van der Waals surface area contributed by atoms with Crippen molar-refractivity contribution in [2.24, 2.45) is 0 Å². The van der Waals surface area contributed by atoms with Crippen molar-refractivity contribution >= 4 is 34.0 Å². The maximum absolute atomic E-state index is 11.9. The molecule has 1 aliphatic heterocycles. The summed E-state index contributed by atoms with van der Waals surface area (Å²) in [6.45, 7) is 7.39. The van der Waals surface area contributed by atoms with E-state index in [4.69, 9.17) is 20.2 Å². The van der Waals surface area contributed by atoms with E-state index in [9.17, 15) is 9.90 Å². The lowest BCUT2D eigenvalue weighted by atomic mass is 9.84. The second kappa shape index (κ2) is 10.3. The molecule has 4 aromatic heterocycles. The number of nitrogens with two attached hydrogens (primary N) is 1. The SMILES string of the molecule is CC(N1CCN(c2ccccc2C(=O)O)CC1)C(C)(c1ccccc1)n1ncc2c1cc(N)n1nc(-c3ccco3)nc21. The molecule has 0 bridgehead atoms. The summed E-state index contributed by atoms with van der Waals surface area (Å²) in [5.74, 6) is 0.560. The molecule has 218 valence electrons. The molecule has 0 aliphatic carbocycles. The maximum Gasteiger partial charge on any atom is 0.337 e. The number of furan rings is 1. The molecule has 2 unspecified atom stereocenters. The van der Waals surface area contributed by atoms with Crippen LogP contribution in [0.3, 0.4) is 0 Å². The molecular formula is C32H32N8O3. The van der Waals surface area contributed by atoms with Crippen LogP contribution >= 0.6 is 0 Å². The maximum atomic E-state index is 11.9. The minimum Gasteiger partial charge on any atom is -0.478 e. The van der Waals surface area contributed by atoms with Gasteiger partial charge in [0.05, 0.1) is 34.6 Å². The van der Waals surface area contributed by atoms with Crippen LogP contribution in [0.5, 0.6) is 0 Å². The second-order valence-corrected chi connectivity index (χ2v) is 11.1. The van der Waals surface area contributed by atoms with Crippen LogP contribution in [-0.4, -0.2) is 72.6 Å². The highest BCUT2D eigenvalue weighted by molar-refractivity contribution is 5.95. The Hall–Kier alpha value is -5.16. The smallest absolute Gasteiger partial charge is 0.337 e. The highest BCUT2D eigenvalue weighted by Crippen LogP contribution is 2.37. The molecule has 6 aromatic rings. The molecular weight excluding hydrogens is 544 g/mol. The van der Waals surface area contributed by atoms with Crippen molar-refractivity contribution in [3.05, 3.63) is 96.4 Å². The van der Waals surface area contributed by atoms with Crippen LogP contribution in [0, 0.1) is 0 Å². The number of aromatic nitrogens is 5. The number of para-hydroxylation sites is 1. The zero-order valence-corrected chi connectivity index (χ0v) is 24.0. The first-order valence-corrected chi connectivity index (χ1v) is 14.3. The predicted octanol–water partition coefficient (Wildman–Crippen LogP) is 4.59. The van der Waals surface area contributed by atoms with Gasteiger partial charge >= 0.3 is 5.97 Å². The Morgan fingerprint density at radius 1 is 1.02 bits per heavy atom. The first-order chi connectivity index (χ1) is 20.9. The van der Waals surface area contributed by atoms with Gasteiger partial charge in [-0.25, -0.2) is 9.78 Å². The molecule has 2 aromatic carbocycles. The number of hydrogen-bond acceptors (Lipinski definition) is 8. The molecule has 1 saturated heterocycles. The molecule has 11 heteroatoms. The van der Waals surface area contributed by atoms with Crippen LogP contribution in [0.4, 0.5) is 11.5 Å². The van der Waals surface area contributed by atoms with Crippen LogP contribution in [0.1, 0.15) is 29.8 Å². The third-order valence-electron chi connectivity index (χ3n) is 8.87. The Kier molecular flexibility index (Phi) is 6.39. The van der Waals surface area contributed by atoms with E-state index in [-0.39, 0.29) is 6.04 Å². The summed E-state index contributed by atoms with van der Waals surface area (Å²) < 4.78 is 9.22. The van der Waals surface area contributed by atoms with Crippen molar-refractivity contribution in [1.29, 1.82) is 0 Å². The Balaban J connectivity index is 1.27. The van der Waals surface area contributed by atoms with Crippen LogP contribution < -0.4 is 10.6 Å². The number of aromatic carboxylic acids is 1. The fourth-order valence-corrected chi connectivity index (χ4v) is 6.37. The Bertz CT molecular complexity index is 1920. The molecule has 1 fully saturated rings. The number of carboxylic acid groups (broad SMARTS) is 1. The number of fused-ring (bicyclic) bond motifs is 3. The average Bonchev–Trinajstić information content (AvgIpc) is 3.81. The lowest BCUT2D eigenvalue weighted by Gasteiger charge is -2.46. The van der Waals surface area contributed by atoms with Crippen molar-refractivity contribution in [3.8, 4) is 11.6 Å². The quantitative estimate of drug-likeness (QED) is 0.280. The van der Waals surface area contributed by atoms with Gasteiger partial charge in [0, 0.05) is 38.3 Å². The number of hydrogen-bond donors (Lipinski definition) is 2. The minimum absolute atomic E-state index is 0.0175. The number of pyridine rings is 1. The van der Waals surface area contributed by atoms with E-state index < -0.39 is 11.5 Å². The first-order valence-electron chi connectivity index (χ1n) is 14.3. The van der Waals surface area contributed by atoms with E-state index in [0.29, 0.717) is 41.7 Å². The summed E-state index contributed by atoms with van der Waals surface area (Å²) in [6, 6.07) is 23.1. The average molecular weight is 577 g/mol. The summed E-state index contributed by atoms with van der Waals surface area (Å²) in [5.41, 5.74) is 9.64. The monoisotopic (exact) mass is 576 g/mol. The number of nitrogen functional groups attached to an aromatic ring is 1. The van der Waals surface area contributed by atoms with Gasteiger partial charge in [-0.2, -0.15) is 9.61 Å². The van der Waals surface area contributed by atoms with Gasteiger partial charge in [0.15, 0.2) is 11.4 Å². The molecule has 0 radical (unpaired) electrons. The third kappa shape index (κ3) is 4.31. The van der Waals surface area contributed by atoms with E-state index in [1.165, 1.54) is 0 Å². The molecule has 0 spiro atoms. The Morgan fingerprint density at radius 3 is 2.49 bits per heavy atom. The van der Waals surface area contributed by atoms with Crippen molar-refractivity contribution in [2.75, 3.05) is 36.8 Å². The summed E-state index contributed by atoms with van der Waals surface area (Å²) in [7, 11) is 0. The largest absolute Gasteiger partial charge is 0.478 e. The molecule has 2 atom stereocenters. The topological polar surface area (TPSA) is 131 Å². The van der Waals surface area contributed by atoms with Crippen molar-refractivity contribution in [1.82, 2.24) is 29.3 Å². The van der Waals surface area contributed by atoms with Crippen molar-refractivity contribution < 1.29 is 14.3 Å². The molecule has 0 saturated carbocycles. The second-order valence-electron chi connectivity index (χ2n) is 11.1. The van der Waals surface area contributed by atoms with Gasteiger partial charge in [-0.3, -0.25) is 9.58 Å². The highest BCUT2D eigenvalue weighted by atomic mass is 16.4. The number of anilines is 2. The fourth-order valence-electron chi connectivity index (χ4n) is 6.37. The summed E-state index contributed by atoms with van der Waals surface area (Å²) in [6.07, 6.45) is 3.43. The lowest BCUT2D eigenvalue weighted by molar-refractivity contribution is 0.0697. The number of carbonyl (C=O) groups is 1. The van der Waals surface area contributed by atoms with Crippen LogP contribution in [-0.2, 0) is 5.54 Å². The van der Waals surface area contributed by atoms with Crippen molar-refractivity contribution in [3.63, 3.8) is 0 Å². The molecule has 11 nitrogen and oxygen atoms in total. The number of nitrogens with zero attached hydrogens (tertiary/aromatic N) is 7. The van der Waals surface area contributed by atoms with Crippen LogP contribution in [0.15, 0.2) is 89.7 Å². The molecule has 3 N–H and O–H groups in total. The summed E-state index contributed by atoms with van der Waals surface area (Å²) in [5, 5.41) is 20.1. The molecule has 43 heavy (non-hydrogen) atoms. The van der Waals surface area contributed by atoms with E-state index in [1.807, 2.05) is 48.7 Å². The van der Waals surface area contributed by atoms with Gasteiger partial charge in [-0.15, -0.1) is 5.10 Å². The van der Waals surface area contributed by atoms with Gasteiger partial charge in [-0.05, 0) is 43.7 Å². The zero-order valence-electron chi connectivity index (χ0n) is 24.0. The number of rotatable bonds is 7. The molecule has 0 amide bonds. The number of carboxylic acids is 1. The standard InChI is InChI=1S/C32H32N8O3/c1-21(37-14-16-38(17-15-37)25-12-7-6-11-23(25)31(41)42)32(2,22-9-4-3-5-10-22)40-26-19-28(33)39-30(24(26)20-34-40)35-29(36-39)27-13-8-18-43-27/h3-13,18-21H,14-17,33H2,1-2H3,(H,41,42). The van der Waals surface area contributed by atoms with Crippen molar-refractivity contribution in [2.45, 2.75) is 25.4 Å². The van der Waals surface area contributed by atoms with Gasteiger partial charge < -0.3 is 20.2 Å². The molecule has 1 aliphatic rings. The van der Waals surface area contributed by atoms with Crippen LogP contribution in [0.25, 0.3) is 28.1 Å². The highest BCUT2D eigenvalue weighted by Gasteiger charge is 2.41. The normalized spacial score (nSPS) is 16.5. The zero-order chi connectivity index (χ0) is 29.7. The van der Waals surface area contributed by atoms with E-state index in [1.54, 1.807) is 29.0 Å². The third-order valence-corrected chi connectivity index (χ3v) is 8.87. The van der Waals surface area contributed by atoms with Gasteiger partial charge in [0.2, 0.25) is 5.82 Å². The van der Waals surface area contributed by atoms with E-state index in [2.05, 4.69) is 45.6 Å². The van der Waals surface area contributed by atoms with Crippen LogP contribution in [0.2, 0.25) is 0 Å². The molecule has 7 rings (SSSR count). The van der Waals surface area contributed by atoms with Gasteiger partial charge in [0.1, 0.15) is 11.4 Å². The summed E-state index contributed by atoms with van der Waals surface area (Å²) >= 11 is 0.